The van der Waals surface area contributed by atoms with Crippen molar-refractivity contribution in [3.63, 3.8) is 0 Å². The molecule has 2 rings (SSSR count). The van der Waals surface area contributed by atoms with Crippen molar-refractivity contribution in [3.8, 4) is 0 Å². The summed E-state index contributed by atoms with van der Waals surface area (Å²) in [4.78, 5) is 4.22. The predicted molar refractivity (Wildman–Crippen MR) is 62.1 cm³/mol. The van der Waals surface area contributed by atoms with Gasteiger partial charge in [-0.05, 0) is 40.3 Å². The maximum Gasteiger partial charge on any atom is 0.149 e. The van der Waals surface area contributed by atoms with Crippen LogP contribution in [0.3, 0.4) is 0 Å². The highest BCUT2D eigenvalue weighted by molar-refractivity contribution is 9.10. The first-order chi connectivity index (χ1) is 6.66. The van der Waals surface area contributed by atoms with Gasteiger partial charge in [-0.1, -0.05) is 6.92 Å². The SMILES string of the molecule is CC1CC1CNc1ncc(Br)cc1N. The topological polar surface area (TPSA) is 50.9 Å². The van der Waals surface area contributed by atoms with Crippen molar-refractivity contribution in [2.45, 2.75) is 13.3 Å². The van der Waals surface area contributed by atoms with Crippen LogP contribution in [0, 0.1) is 11.8 Å². The highest BCUT2D eigenvalue weighted by atomic mass is 79.9. The number of nitrogens with one attached hydrogen (secondary N) is 1. The molecule has 1 aromatic rings. The van der Waals surface area contributed by atoms with E-state index in [9.17, 15) is 0 Å². The van der Waals surface area contributed by atoms with Gasteiger partial charge in [0.15, 0.2) is 0 Å². The number of halogens is 1. The molecule has 1 fully saturated rings. The molecule has 1 heterocycles. The van der Waals surface area contributed by atoms with E-state index in [4.69, 9.17) is 5.73 Å². The first kappa shape index (κ1) is 9.77. The van der Waals surface area contributed by atoms with Crippen molar-refractivity contribution in [1.82, 2.24) is 4.98 Å². The van der Waals surface area contributed by atoms with Gasteiger partial charge >= 0.3 is 0 Å². The van der Waals surface area contributed by atoms with Gasteiger partial charge in [0, 0.05) is 17.2 Å². The number of nitrogen functional groups attached to an aromatic ring is 1. The fraction of sp³-hybridized carbons (Fsp3) is 0.500. The van der Waals surface area contributed by atoms with E-state index >= 15 is 0 Å². The molecule has 1 aliphatic carbocycles. The lowest BCUT2D eigenvalue weighted by molar-refractivity contribution is 0.785. The molecule has 76 valence electrons. The van der Waals surface area contributed by atoms with Crippen LogP contribution in [0.2, 0.25) is 0 Å². The third-order valence-corrected chi connectivity index (χ3v) is 3.13. The normalized spacial score (nSPS) is 24.7. The summed E-state index contributed by atoms with van der Waals surface area (Å²) in [5.41, 5.74) is 6.51. The summed E-state index contributed by atoms with van der Waals surface area (Å²) in [6.45, 7) is 3.25. The molecule has 2 atom stereocenters. The summed E-state index contributed by atoms with van der Waals surface area (Å²) in [5.74, 6) is 2.46. The monoisotopic (exact) mass is 255 g/mol. The second-order valence-corrected chi connectivity index (χ2v) is 4.86. The van der Waals surface area contributed by atoms with Crippen LogP contribution >= 0.6 is 15.9 Å². The van der Waals surface area contributed by atoms with Gasteiger partial charge in [0.1, 0.15) is 5.82 Å². The highest BCUT2D eigenvalue weighted by Crippen LogP contribution is 2.37. The zero-order valence-corrected chi connectivity index (χ0v) is 9.71. The molecule has 3 N–H and O–H groups in total. The van der Waals surface area contributed by atoms with Crippen LogP contribution in [-0.4, -0.2) is 11.5 Å². The van der Waals surface area contributed by atoms with Crippen molar-refractivity contribution >= 4 is 27.4 Å². The summed E-state index contributed by atoms with van der Waals surface area (Å²) in [7, 11) is 0. The van der Waals surface area contributed by atoms with Gasteiger partial charge in [-0.25, -0.2) is 4.98 Å². The minimum Gasteiger partial charge on any atom is -0.396 e. The summed E-state index contributed by atoms with van der Waals surface area (Å²) in [6.07, 6.45) is 3.08. The number of hydrogen-bond acceptors (Lipinski definition) is 3. The molecule has 0 aliphatic heterocycles. The average Bonchev–Trinajstić information content (AvgIpc) is 2.80. The van der Waals surface area contributed by atoms with Crippen molar-refractivity contribution < 1.29 is 0 Å². The highest BCUT2D eigenvalue weighted by Gasteiger charge is 2.32. The number of rotatable bonds is 3. The van der Waals surface area contributed by atoms with Gasteiger partial charge in [-0.15, -0.1) is 0 Å². The van der Waals surface area contributed by atoms with E-state index in [1.165, 1.54) is 6.42 Å². The molecule has 1 saturated carbocycles. The molecular formula is C10H14BrN3. The Morgan fingerprint density at radius 3 is 3.00 bits per heavy atom. The molecule has 0 aromatic carbocycles. The zero-order valence-electron chi connectivity index (χ0n) is 8.13. The fourth-order valence-corrected chi connectivity index (χ4v) is 1.86. The van der Waals surface area contributed by atoms with E-state index in [0.717, 1.165) is 28.7 Å². The minimum atomic E-state index is 0.702. The van der Waals surface area contributed by atoms with Crippen molar-refractivity contribution in [2.24, 2.45) is 11.8 Å². The Morgan fingerprint density at radius 2 is 2.43 bits per heavy atom. The smallest absolute Gasteiger partial charge is 0.149 e. The first-order valence-corrected chi connectivity index (χ1v) is 5.61. The van der Waals surface area contributed by atoms with Crippen LogP contribution in [0.25, 0.3) is 0 Å². The van der Waals surface area contributed by atoms with Gasteiger partial charge in [0.2, 0.25) is 0 Å². The van der Waals surface area contributed by atoms with Crippen molar-refractivity contribution in [1.29, 1.82) is 0 Å². The van der Waals surface area contributed by atoms with Crippen LogP contribution in [0.5, 0.6) is 0 Å². The number of hydrogen-bond donors (Lipinski definition) is 2. The third kappa shape index (κ3) is 2.18. The van der Waals surface area contributed by atoms with Crippen LogP contribution in [0.4, 0.5) is 11.5 Å². The van der Waals surface area contributed by atoms with Crippen LogP contribution < -0.4 is 11.1 Å². The predicted octanol–water partition coefficient (Wildman–Crippen LogP) is 2.49. The second kappa shape index (κ2) is 3.77. The van der Waals surface area contributed by atoms with E-state index in [-0.39, 0.29) is 0 Å². The number of nitrogens with zero attached hydrogens (tertiary/aromatic N) is 1. The molecule has 3 nitrogen and oxygen atoms in total. The molecular weight excluding hydrogens is 242 g/mol. The second-order valence-electron chi connectivity index (χ2n) is 3.95. The van der Waals surface area contributed by atoms with E-state index in [2.05, 4.69) is 33.2 Å². The molecule has 14 heavy (non-hydrogen) atoms. The zero-order chi connectivity index (χ0) is 10.1. The summed E-state index contributed by atoms with van der Waals surface area (Å²) >= 11 is 3.33. The van der Waals surface area contributed by atoms with Crippen LogP contribution in [0.15, 0.2) is 16.7 Å². The van der Waals surface area contributed by atoms with E-state index < -0.39 is 0 Å². The lowest BCUT2D eigenvalue weighted by Crippen LogP contribution is -2.08. The van der Waals surface area contributed by atoms with Crippen molar-refractivity contribution in [3.05, 3.63) is 16.7 Å². The molecule has 1 aromatic heterocycles. The number of aromatic nitrogens is 1. The average molecular weight is 256 g/mol. The summed E-state index contributed by atoms with van der Waals surface area (Å²) < 4.78 is 0.917. The summed E-state index contributed by atoms with van der Waals surface area (Å²) in [6, 6.07) is 1.87. The molecule has 2 unspecified atom stereocenters. The minimum absolute atomic E-state index is 0.702. The van der Waals surface area contributed by atoms with Gasteiger partial charge < -0.3 is 11.1 Å². The standard InChI is InChI=1S/C10H14BrN3/c1-6-2-7(6)4-13-10-9(12)3-8(11)5-14-10/h3,5-7H,2,4,12H2,1H3,(H,13,14). The van der Waals surface area contributed by atoms with E-state index in [1.807, 2.05) is 6.07 Å². The van der Waals surface area contributed by atoms with Gasteiger partial charge in [-0.3, -0.25) is 0 Å². The molecule has 0 bridgehead atoms. The molecule has 4 heteroatoms. The Bertz CT molecular complexity index is 340. The third-order valence-electron chi connectivity index (χ3n) is 2.69. The molecule has 0 radical (unpaired) electrons. The van der Waals surface area contributed by atoms with Gasteiger partial charge in [0.25, 0.3) is 0 Å². The van der Waals surface area contributed by atoms with Gasteiger partial charge in [0.05, 0.1) is 5.69 Å². The fourth-order valence-electron chi connectivity index (χ4n) is 1.51. The molecule has 1 aliphatic rings. The number of anilines is 2. The number of pyridine rings is 1. The van der Waals surface area contributed by atoms with Crippen LogP contribution in [0.1, 0.15) is 13.3 Å². The molecule has 0 spiro atoms. The largest absolute Gasteiger partial charge is 0.396 e. The summed E-state index contributed by atoms with van der Waals surface area (Å²) in [5, 5.41) is 3.28. The quantitative estimate of drug-likeness (QED) is 0.873. The van der Waals surface area contributed by atoms with Crippen LogP contribution in [-0.2, 0) is 0 Å². The van der Waals surface area contributed by atoms with Gasteiger partial charge in [-0.2, -0.15) is 0 Å². The van der Waals surface area contributed by atoms with Crippen molar-refractivity contribution in [2.75, 3.05) is 17.6 Å². The Hall–Kier alpha value is -0.770. The first-order valence-electron chi connectivity index (χ1n) is 4.81. The maximum atomic E-state index is 5.81. The van der Waals surface area contributed by atoms with E-state index in [1.54, 1.807) is 6.20 Å². The number of nitrogens with two attached hydrogens (primary N) is 1. The Balaban J connectivity index is 1.95. The maximum absolute atomic E-state index is 5.81. The Kier molecular flexibility index (Phi) is 2.63. The Morgan fingerprint density at radius 1 is 1.71 bits per heavy atom. The molecule has 0 saturated heterocycles. The van der Waals surface area contributed by atoms with E-state index in [0.29, 0.717) is 5.69 Å². The lowest BCUT2D eigenvalue weighted by Gasteiger charge is -2.07. The lowest BCUT2D eigenvalue weighted by atomic mass is 10.3. The Labute approximate surface area is 92.2 Å². The molecule has 0 amide bonds.